The minimum Gasteiger partial charge on any atom is -0.486 e. The lowest BCUT2D eigenvalue weighted by molar-refractivity contribution is -0.128. The Kier molecular flexibility index (Phi) is 4.12. The van der Waals surface area contributed by atoms with E-state index < -0.39 is 6.10 Å². The van der Waals surface area contributed by atoms with Crippen LogP contribution in [0, 0.1) is 6.92 Å². The van der Waals surface area contributed by atoms with Crippen LogP contribution >= 0.6 is 0 Å². The molecule has 2 aromatic rings. The number of amides is 2. The third-order valence-electron chi connectivity index (χ3n) is 4.15. The summed E-state index contributed by atoms with van der Waals surface area (Å²) in [7, 11) is 0. The standard InChI is InChI=1S/C19H18N2O5/c1-11-2-4-14-13(8-11)21-19(23)17(26-14)10-18(22)20-12-3-5-15-16(9-12)25-7-6-24-15/h2-5,8-9,17H,6-7,10H2,1H3,(H,20,22)(H,21,23). The first kappa shape index (κ1) is 16.3. The van der Waals surface area contributed by atoms with E-state index in [1.165, 1.54) is 0 Å². The number of carbonyl (C=O) groups is 2. The van der Waals surface area contributed by atoms with E-state index in [0.29, 0.717) is 41.8 Å². The average Bonchev–Trinajstić information content (AvgIpc) is 2.62. The maximum atomic E-state index is 12.3. The van der Waals surface area contributed by atoms with E-state index in [0.717, 1.165) is 5.56 Å². The first-order valence-electron chi connectivity index (χ1n) is 8.36. The summed E-state index contributed by atoms with van der Waals surface area (Å²) >= 11 is 0. The predicted molar refractivity (Wildman–Crippen MR) is 94.9 cm³/mol. The van der Waals surface area contributed by atoms with Crippen molar-refractivity contribution in [2.45, 2.75) is 19.4 Å². The lowest BCUT2D eigenvalue weighted by Gasteiger charge is -2.25. The van der Waals surface area contributed by atoms with Gasteiger partial charge in [0.25, 0.3) is 5.91 Å². The molecule has 2 aromatic carbocycles. The molecule has 0 bridgehead atoms. The smallest absolute Gasteiger partial charge is 0.266 e. The SMILES string of the molecule is Cc1ccc2c(c1)NC(=O)C(CC(=O)Nc1ccc3c(c1)OCCO3)O2. The van der Waals surface area contributed by atoms with Gasteiger partial charge in [0.15, 0.2) is 17.6 Å². The van der Waals surface area contributed by atoms with Crippen LogP contribution in [0.2, 0.25) is 0 Å². The van der Waals surface area contributed by atoms with Gasteiger partial charge in [-0.1, -0.05) is 6.07 Å². The van der Waals surface area contributed by atoms with E-state index in [1.807, 2.05) is 19.1 Å². The number of anilines is 2. The second-order valence-corrected chi connectivity index (χ2v) is 6.21. The number of benzene rings is 2. The second-order valence-electron chi connectivity index (χ2n) is 6.21. The van der Waals surface area contributed by atoms with Crippen molar-refractivity contribution in [1.29, 1.82) is 0 Å². The molecule has 1 unspecified atom stereocenters. The van der Waals surface area contributed by atoms with Gasteiger partial charge in [0.1, 0.15) is 19.0 Å². The van der Waals surface area contributed by atoms with E-state index in [4.69, 9.17) is 14.2 Å². The number of carbonyl (C=O) groups excluding carboxylic acids is 2. The van der Waals surface area contributed by atoms with Crippen LogP contribution in [0.1, 0.15) is 12.0 Å². The van der Waals surface area contributed by atoms with Gasteiger partial charge < -0.3 is 24.8 Å². The third-order valence-corrected chi connectivity index (χ3v) is 4.15. The summed E-state index contributed by atoms with van der Waals surface area (Å²) in [6.07, 6.45) is -0.962. The quantitative estimate of drug-likeness (QED) is 0.884. The zero-order valence-corrected chi connectivity index (χ0v) is 14.2. The van der Waals surface area contributed by atoms with Gasteiger partial charge in [-0.05, 0) is 36.8 Å². The topological polar surface area (TPSA) is 85.9 Å². The van der Waals surface area contributed by atoms with Crippen molar-refractivity contribution in [2.24, 2.45) is 0 Å². The predicted octanol–water partition coefficient (Wildman–Crippen LogP) is 2.49. The Labute approximate surface area is 150 Å². The van der Waals surface area contributed by atoms with Crippen molar-refractivity contribution in [3.8, 4) is 17.2 Å². The van der Waals surface area contributed by atoms with Gasteiger partial charge in [-0.25, -0.2) is 0 Å². The van der Waals surface area contributed by atoms with Gasteiger partial charge in [-0.3, -0.25) is 9.59 Å². The Balaban J connectivity index is 1.42. The maximum absolute atomic E-state index is 12.3. The fourth-order valence-corrected chi connectivity index (χ4v) is 2.90. The molecular weight excluding hydrogens is 336 g/mol. The summed E-state index contributed by atoms with van der Waals surface area (Å²) < 4.78 is 16.6. The molecule has 0 radical (unpaired) electrons. The fraction of sp³-hybridized carbons (Fsp3) is 0.263. The third kappa shape index (κ3) is 3.28. The molecular formula is C19H18N2O5. The van der Waals surface area contributed by atoms with Gasteiger partial charge in [-0.2, -0.15) is 0 Å². The van der Waals surface area contributed by atoms with Crippen LogP contribution in [0.3, 0.4) is 0 Å². The summed E-state index contributed by atoms with van der Waals surface area (Å²) in [6, 6.07) is 10.7. The molecule has 0 saturated carbocycles. The van der Waals surface area contributed by atoms with E-state index in [9.17, 15) is 9.59 Å². The number of ether oxygens (including phenoxy) is 3. The molecule has 2 aliphatic heterocycles. The van der Waals surface area contributed by atoms with Crippen molar-refractivity contribution in [2.75, 3.05) is 23.8 Å². The Hall–Kier alpha value is -3.22. The number of nitrogens with one attached hydrogen (secondary N) is 2. The summed E-state index contributed by atoms with van der Waals surface area (Å²) in [4.78, 5) is 24.5. The molecule has 0 fully saturated rings. The molecule has 1 atom stereocenters. The molecule has 26 heavy (non-hydrogen) atoms. The largest absolute Gasteiger partial charge is 0.486 e. The molecule has 4 rings (SSSR count). The van der Waals surface area contributed by atoms with Gasteiger partial charge in [-0.15, -0.1) is 0 Å². The molecule has 0 saturated heterocycles. The van der Waals surface area contributed by atoms with Crippen LogP contribution in [0.15, 0.2) is 36.4 Å². The Morgan fingerprint density at radius 1 is 1.12 bits per heavy atom. The highest BCUT2D eigenvalue weighted by Gasteiger charge is 2.29. The Morgan fingerprint density at radius 2 is 1.88 bits per heavy atom. The Morgan fingerprint density at radius 3 is 2.73 bits per heavy atom. The van der Waals surface area contributed by atoms with E-state index in [-0.39, 0.29) is 18.2 Å². The van der Waals surface area contributed by atoms with Crippen molar-refractivity contribution < 1.29 is 23.8 Å². The van der Waals surface area contributed by atoms with Crippen LogP contribution in [0.4, 0.5) is 11.4 Å². The van der Waals surface area contributed by atoms with E-state index >= 15 is 0 Å². The molecule has 2 heterocycles. The lowest BCUT2D eigenvalue weighted by atomic mass is 10.1. The zero-order chi connectivity index (χ0) is 18.1. The van der Waals surface area contributed by atoms with Crippen molar-refractivity contribution in [1.82, 2.24) is 0 Å². The number of hydrogen-bond donors (Lipinski definition) is 2. The van der Waals surface area contributed by atoms with Gasteiger partial charge >= 0.3 is 0 Å². The minimum absolute atomic E-state index is 0.0897. The van der Waals surface area contributed by atoms with E-state index in [1.54, 1.807) is 24.3 Å². The highest BCUT2D eigenvalue weighted by molar-refractivity contribution is 6.02. The van der Waals surface area contributed by atoms with Crippen molar-refractivity contribution in [3.63, 3.8) is 0 Å². The molecule has 2 amide bonds. The highest BCUT2D eigenvalue weighted by Crippen LogP contribution is 2.33. The van der Waals surface area contributed by atoms with Crippen LogP contribution in [0.25, 0.3) is 0 Å². The molecule has 0 aromatic heterocycles. The maximum Gasteiger partial charge on any atom is 0.266 e. The fourth-order valence-electron chi connectivity index (χ4n) is 2.90. The van der Waals surface area contributed by atoms with Gasteiger partial charge in [0.2, 0.25) is 5.91 Å². The second kappa shape index (κ2) is 6.59. The van der Waals surface area contributed by atoms with Crippen LogP contribution in [-0.4, -0.2) is 31.1 Å². The van der Waals surface area contributed by atoms with Gasteiger partial charge in [0.05, 0.1) is 12.1 Å². The summed E-state index contributed by atoms with van der Waals surface area (Å²) in [5, 5.41) is 5.54. The van der Waals surface area contributed by atoms with Gasteiger partial charge in [0, 0.05) is 11.8 Å². The van der Waals surface area contributed by atoms with Crippen LogP contribution in [0.5, 0.6) is 17.2 Å². The molecule has 7 nitrogen and oxygen atoms in total. The lowest BCUT2D eigenvalue weighted by Crippen LogP contribution is -2.39. The summed E-state index contributed by atoms with van der Waals surface area (Å²) in [6.45, 7) is 2.91. The highest BCUT2D eigenvalue weighted by atomic mass is 16.6. The first-order valence-corrected chi connectivity index (χ1v) is 8.36. The van der Waals surface area contributed by atoms with E-state index in [2.05, 4.69) is 10.6 Å². The number of fused-ring (bicyclic) bond motifs is 2. The molecule has 0 aliphatic carbocycles. The Bertz CT molecular complexity index is 880. The van der Waals surface area contributed by atoms with Crippen molar-refractivity contribution in [3.05, 3.63) is 42.0 Å². The summed E-state index contributed by atoms with van der Waals surface area (Å²) in [5.74, 6) is 1.14. The molecule has 2 aliphatic rings. The van der Waals surface area contributed by atoms with Crippen LogP contribution < -0.4 is 24.8 Å². The average molecular weight is 354 g/mol. The van der Waals surface area contributed by atoms with Crippen LogP contribution in [-0.2, 0) is 9.59 Å². The minimum atomic E-state index is -0.873. The molecule has 7 heteroatoms. The number of rotatable bonds is 3. The van der Waals surface area contributed by atoms with Crippen molar-refractivity contribution >= 4 is 23.2 Å². The monoisotopic (exact) mass is 354 g/mol. The number of aryl methyl sites for hydroxylation is 1. The molecule has 134 valence electrons. The normalized spacial score (nSPS) is 17.6. The molecule has 2 N–H and O–H groups in total. The number of hydrogen-bond acceptors (Lipinski definition) is 5. The molecule has 0 spiro atoms. The zero-order valence-electron chi connectivity index (χ0n) is 14.2. The summed E-state index contributed by atoms with van der Waals surface area (Å²) in [5.41, 5.74) is 2.22. The first-order chi connectivity index (χ1) is 12.6.